The zero-order valence-electron chi connectivity index (χ0n) is 9.09. The molecule has 1 aliphatic rings. The summed E-state index contributed by atoms with van der Waals surface area (Å²) in [4.78, 5) is 0. The Morgan fingerprint density at radius 1 is 1.47 bits per heavy atom. The molecule has 82 valence electrons. The summed E-state index contributed by atoms with van der Waals surface area (Å²) >= 11 is 3.44. The topological polar surface area (TPSA) is 21.3 Å². The highest BCUT2D eigenvalue weighted by Gasteiger charge is 2.31. The zero-order chi connectivity index (χ0) is 10.9. The first-order chi connectivity index (χ1) is 7.05. The Hall–Kier alpha value is -0.540. The van der Waals surface area contributed by atoms with E-state index in [0.29, 0.717) is 0 Å². The van der Waals surface area contributed by atoms with E-state index in [1.54, 1.807) is 0 Å². The highest BCUT2D eigenvalue weighted by atomic mass is 79.9. The molecule has 1 heterocycles. The molecule has 1 saturated heterocycles. The molecule has 0 aliphatic carbocycles. The number of nitrogens with one attached hydrogen (secondary N) is 1. The van der Waals surface area contributed by atoms with Gasteiger partial charge >= 0.3 is 0 Å². The maximum atomic E-state index is 5.90. The first kappa shape index (κ1) is 11.0. The Bertz CT molecular complexity index is 351. The average Bonchev–Trinajstić information content (AvgIpc) is 2.45. The van der Waals surface area contributed by atoms with E-state index in [9.17, 15) is 0 Å². The van der Waals surface area contributed by atoms with E-state index in [4.69, 9.17) is 4.74 Å². The van der Waals surface area contributed by atoms with Gasteiger partial charge < -0.3 is 10.1 Å². The number of hydrogen-bond donors (Lipinski definition) is 1. The zero-order valence-corrected chi connectivity index (χ0v) is 10.7. The number of halogens is 1. The molecule has 1 N–H and O–H groups in total. The molecule has 2 nitrogen and oxygen atoms in total. The fourth-order valence-electron chi connectivity index (χ4n) is 1.92. The van der Waals surface area contributed by atoms with E-state index >= 15 is 0 Å². The number of ether oxygens (including phenoxy) is 1. The van der Waals surface area contributed by atoms with Gasteiger partial charge in [0.15, 0.2) is 0 Å². The van der Waals surface area contributed by atoms with Crippen molar-refractivity contribution in [2.45, 2.75) is 31.9 Å². The van der Waals surface area contributed by atoms with Crippen LogP contribution in [-0.4, -0.2) is 18.2 Å². The van der Waals surface area contributed by atoms with Gasteiger partial charge in [-0.05, 0) is 32.0 Å². The summed E-state index contributed by atoms with van der Waals surface area (Å²) in [5.74, 6) is 0.939. The predicted molar refractivity (Wildman–Crippen MR) is 65.3 cm³/mol. The summed E-state index contributed by atoms with van der Waals surface area (Å²) in [7, 11) is 0. The Kier molecular flexibility index (Phi) is 3.03. The van der Waals surface area contributed by atoms with Gasteiger partial charge in [0, 0.05) is 23.0 Å². The third-order valence-electron chi connectivity index (χ3n) is 2.65. The molecule has 0 bridgehead atoms. The van der Waals surface area contributed by atoms with Crippen LogP contribution in [0.15, 0.2) is 28.7 Å². The molecule has 1 unspecified atom stereocenters. The molecule has 0 amide bonds. The van der Waals surface area contributed by atoms with Crippen LogP contribution in [0, 0.1) is 0 Å². The highest BCUT2D eigenvalue weighted by molar-refractivity contribution is 9.10. The lowest BCUT2D eigenvalue weighted by atomic mass is 10.0. The number of benzene rings is 1. The highest BCUT2D eigenvalue weighted by Crippen LogP contribution is 2.24. The average molecular weight is 270 g/mol. The molecular formula is C12H16BrNO. The first-order valence-electron chi connectivity index (χ1n) is 5.22. The van der Waals surface area contributed by atoms with Gasteiger partial charge in [-0.1, -0.05) is 22.0 Å². The van der Waals surface area contributed by atoms with Crippen LogP contribution in [0.25, 0.3) is 0 Å². The van der Waals surface area contributed by atoms with Crippen LogP contribution in [0.5, 0.6) is 5.75 Å². The van der Waals surface area contributed by atoms with Gasteiger partial charge in [-0.2, -0.15) is 0 Å². The molecule has 0 aromatic heterocycles. The molecule has 1 aromatic carbocycles. The maximum absolute atomic E-state index is 5.90. The van der Waals surface area contributed by atoms with Crippen molar-refractivity contribution in [1.82, 2.24) is 5.32 Å². The van der Waals surface area contributed by atoms with Crippen molar-refractivity contribution in [3.63, 3.8) is 0 Å². The molecule has 0 radical (unpaired) electrons. The van der Waals surface area contributed by atoms with E-state index < -0.39 is 0 Å². The minimum atomic E-state index is 0.205. The minimum absolute atomic E-state index is 0.205. The van der Waals surface area contributed by atoms with Gasteiger partial charge in [0.05, 0.1) is 0 Å². The van der Waals surface area contributed by atoms with Gasteiger partial charge in [-0.15, -0.1) is 0 Å². The van der Waals surface area contributed by atoms with Crippen LogP contribution < -0.4 is 10.1 Å². The number of rotatable bonds is 2. The fourth-order valence-corrected chi connectivity index (χ4v) is 2.30. The normalized spacial score (nSPS) is 24.1. The summed E-state index contributed by atoms with van der Waals surface area (Å²) in [6.07, 6.45) is 1.34. The van der Waals surface area contributed by atoms with Crippen molar-refractivity contribution in [3.05, 3.63) is 28.7 Å². The molecule has 1 atom stereocenters. The second-order valence-electron chi connectivity index (χ2n) is 4.67. The van der Waals surface area contributed by atoms with Gasteiger partial charge in [0.1, 0.15) is 11.9 Å². The standard InChI is InChI=1S/C12H16BrNO/c1-12(2)7-11(8-14-12)15-10-5-3-4-9(13)6-10/h3-6,11,14H,7-8H2,1-2H3. The summed E-state index contributed by atoms with van der Waals surface area (Å²) < 4.78 is 6.96. The smallest absolute Gasteiger partial charge is 0.120 e. The first-order valence-corrected chi connectivity index (χ1v) is 6.02. The van der Waals surface area contributed by atoms with E-state index in [-0.39, 0.29) is 11.6 Å². The Labute approximate surface area is 99.1 Å². The van der Waals surface area contributed by atoms with Crippen molar-refractivity contribution in [3.8, 4) is 5.75 Å². The lowest BCUT2D eigenvalue weighted by Crippen LogP contribution is -2.31. The molecule has 0 saturated carbocycles. The Morgan fingerprint density at radius 2 is 2.27 bits per heavy atom. The minimum Gasteiger partial charge on any atom is -0.489 e. The summed E-state index contributed by atoms with van der Waals surface area (Å²) in [5, 5.41) is 3.44. The molecule has 2 rings (SSSR count). The maximum Gasteiger partial charge on any atom is 0.120 e. The van der Waals surface area contributed by atoms with E-state index in [0.717, 1.165) is 23.2 Å². The van der Waals surface area contributed by atoms with Crippen LogP contribution in [0.4, 0.5) is 0 Å². The molecule has 1 aliphatic heterocycles. The lowest BCUT2D eigenvalue weighted by Gasteiger charge is -2.17. The van der Waals surface area contributed by atoms with Crippen molar-refractivity contribution >= 4 is 15.9 Å². The van der Waals surface area contributed by atoms with Crippen molar-refractivity contribution in [2.75, 3.05) is 6.54 Å². The predicted octanol–water partition coefficient (Wildman–Crippen LogP) is 2.97. The summed E-state index contributed by atoms with van der Waals surface area (Å²) in [6, 6.07) is 8.00. The Balaban J connectivity index is 1.99. The quantitative estimate of drug-likeness (QED) is 0.892. The van der Waals surface area contributed by atoms with Crippen molar-refractivity contribution in [1.29, 1.82) is 0 Å². The van der Waals surface area contributed by atoms with Crippen LogP contribution in [0.2, 0.25) is 0 Å². The van der Waals surface area contributed by atoms with Crippen molar-refractivity contribution < 1.29 is 4.74 Å². The molecule has 3 heteroatoms. The summed E-state index contributed by atoms with van der Waals surface area (Å²) in [5.41, 5.74) is 0.205. The van der Waals surface area contributed by atoms with E-state index in [2.05, 4.69) is 35.1 Å². The van der Waals surface area contributed by atoms with Gasteiger partial charge in [0.25, 0.3) is 0 Å². The van der Waals surface area contributed by atoms with Crippen LogP contribution in [0.1, 0.15) is 20.3 Å². The van der Waals surface area contributed by atoms with Gasteiger partial charge in [-0.3, -0.25) is 0 Å². The molecule has 0 spiro atoms. The largest absolute Gasteiger partial charge is 0.489 e. The molecule has 1 aromatic rings. The second kappa shape index (κ2) is 4.14. The van der Waals surface area contributed by atoms with Gasteiger partial charge in [0.2, 0.25) is 0 Å². The SMILES string of the molecule is CC1(C)CC(Oc2cccc(Br)c2)CN1. The van der Waals surface area contributed by atoms with E-state index in [1.807, 2.05) is 24.3 Å². The van der Waals surface area contributed by atoms with Crippen molar-refractivity contribution in [2.24, 2.45) is 0 Å². The van der Waals surface area contributed by atoms with E-state index in [1.165, 1.54) is 0 Å². The van der Waals surface area contributed by atoms with Crippen LogP contribution >= 0.6 is 15.9 Å². The second-order valence-corrected chi connectivity index (χ2v) is 5.58. The number of hydrogen-bond acceptors (Lipinski definition) is 2. The molecule has 15 heavy (non-hydrogen) atoms. The van der Waals surface area contributed by atoms with Crippen LogP contribution in [-0.2, 0) is 0 Å². The third-order valence-corrected chi connectivity index (χ3v) is 3.14. The fraction of sp³-hybridized carbons (Fsp3) is 0.500. The van der Waals surface area contributed by atoms with Crippen LogP contribution in [0.3, 0.4) is 0 Å². The Morgan fingerprint density at radius 3 is 2.87 bits per heavy atom. The van der Waals surface area contributed by atoms with Gasteiger partial charge in [-0.25, -0.2) is 0 Å². The summed E-state index contributed by atoms with van der Waals surface area (Å²) in [6.45, 7) is 5.34. The third kappa shape index (κ3) is 2.95. The molecular weight excluding hydrogens is 254 g/mol. The molecule has 1 fully saturated rings. The lowest BCUT2D eigenvalue weighted by molar-refractivity contribution is 0.214. The monoisotopic (exact) mass is 269 g/mol.